The van der Waals surface area contributed by atoms with E-state index in [0.717, 1.165) is 22.2 Å². The Morgan fingerprint density at radius 2 is 1.77 bits per heavy atom. The molecule has 3 aromatic carbocycles. The lowest BCUT2D eigenvalue weighted by Crippen LogP contribution is -2.23. The van der Waals surface area contributed by atoms with Crippen LogP contribution in [-0.4, -0.2) is 14.1 Å². The number of nitrogens with zero attached hydrogens (tertiary/aromatic N) is 3. The molecular formula is C25H19ClFN3O. The zero-order valence-electron chi connectivity index (χ0n) is 16.8. The third-order valence-corrected chi connectivity index (χ3v) is 5.92. The molecule has 0 unspecified atom stereocenters. The van der Waals surface area contributed by atoms with Crippen LogP contribution in [-0.2, 0) is 13.1 Å². The molecule has 0 radical (unpaired) electrons. The maximum Gasteiger partial charge on any atom is 0.278 e. The zero-order chi connectivity index (χ0) is 21.5. The summed E-state index contributed by atoms with van der Waals surface area (Å²) in [7, 11) is 0. The van der Waals surface area contributed by atoms with Crippen LogP contribution in [0.25, 0.3) is 21.9 Å². The highest BCUT2D eigenvalue weighted by atomic mass is 35.5. The maximum absolute atomic E-state index is 14.0. The van der Waals surface area contributed by atoms with Crippen molar-refractivity contribution in [2.24, 2.45) is 0 Å². The van der Waals surface area contributed by atoms with Gasteiger partial charge >= 0.3 is 0 Å². The van der Waals surface area contributed by atoms with E-state index in [0.29, 0.717) is 34.5 Å². The summed E-state index contributed by atoms with van der Waals surface area (Å²) in [6, 6.07) is 20.1. The van der Waals surface area contributed by atoms with E-state index in [1.165, 1.54) is 18.5 Å². The lowest BCUT2D eigenvalue weighted by molar-refractivity contribution is 0.629. The molecule has 2 aromatic heterocycles. The molecule has 0 spiro atoms. The monoisotopic (exact) mass is 431 g/mol. The standard InChI is InChI=1S/C25H19ClFN3O/c1-16-6-8-17(9-7-16)13-30-22-11-10-19(27)12-20(22)23-24(30)25(31)29(15-28-23)14-18-4-2-3-5-21(18)26/h2-12,15H,13-14H2,1H3. The molecule has 2 heterocycles. The van der Waals surface area contributed by atoms with Crippen LogP contribution in [0.5, 0.6) is 0 Å². The highest BCUT2D eigenvalue weighted by Crippen LogP contribution is 2.27. The lowest BCUT2D eigenvalue weighted by Gasteiger charge is -2.10. The molecule has 0 aliphatic heterocycles. The first kappa shape index (κ1) is 19.5. The van der Waals surface area contributed by atoms with Crippen molar-refractivity contribution in [3.63, 3.8) is 0 Å². The summed E-state index contributed by atoms with van der Waals surface area (Å²) in [5.41, 5.74) is 4.59. The molecule has 0 atom stereocenters. The number of hydrogen-bond donors (Lipinski definition) is 0. The first-order valence-corrected chi connectivity index (χ1v) is 10.3. The van der Waals surface area contributed by atoms with Gasteiger partial charge in [0.2, 0.25) is 0 Å². The Morgan fingerprint density at radius 3 is 2.55 bits per heavy atom. The minimum Gasteiger partial charge on any atom is -0.330 e. The van der Waals surface area contributed by atoms with E-state index < -0.39 is 0 Å². The van der Waals surface area contributed by atoms with E-state index in [4.69, 9.17) is 11.6 Å². The van der Waals surface area contributed by atoms with Gasteiger partial charge in [-0.05, 0) is 42.3 Å². The molecule has 6 heteroatoms. The SMILES string of the molecule is Cc1ccc(Cn2c3ccc(F)cc3c3ncn(Cc4ccccc4Cl)c(=O)c32)cc1. The highest BCUT2D eigenvalue weighted by molar-refractivity contribution is 6.31. The van der Waals surface area contributed by atoms with Crippen molar-refractivity contribution in [1.82, 2.24) is 14.1 Å². The smallest absolute Gasteiger partial charge is 0.278 e. The normalized spacial score (nSPS) is 11.5. The van der Waals surface area contributed by atoms with Crippen molar-refractivity contribution >= 4 is 33.5 Å². The predicted octanol–water partition coefficient (Wildman–Crippen LogP) is 5.55. The molecule has 5 rings (SSSR count). The third-order valence-electron chi connectivity index (χ3n) is 5.55. The molecule has 0 aliphatic rings. The summed E-state index contributed by atoms with van der Waals surface area (Å²) in [5, 5.41) is 1.22. The Morgan fingerprint density at radius 1 is 1.00 bits per heavy atom. The van der Waals surface area contributed by atoms with Crippen LogP contribution in [0, 0.1) is 12.7 Å². The van der Waals surface area contributed by atoms with Gasteiger partial charge in [0.1, 0.15) is 16.9 Å². The van der Waals surface area contributed by atoms with Crippen molar-refractivity contribution in [3.8, 4) is 0 Å². The third kappa shape index (κ3) is 3.51. The number of aryl methyl sites for hydroxylation is 1. The van der Waals surface area contributed by atoms with Gasteiger partial charge in [0.05, 0.1) is 18.4 Å². The van der Waals surface area contributed by atoms with Crippen LogP contribution in [0.1, 0.15) is 16.7 Å². The molecule has 154 valence electrons. The summed E-state index contributed by atoms with van der Waals surface area (Å²) >= 11 is 6.30. The van der Waals surface area contributed by atoms with Crippen molar-refractivity contribution in [3.05, 3.63) is 111 Å². The fourth-order valence-corrected chi connectivity index (χ4v) is 4.13. The highest BCUT2D eigenvalue weighted by Gasteiger charge is 2.18. The quantitative estimate of drug-likeness (QED) is 0.374. The number of benzene rings is 3. The average Bonchev–Trinajstić information content (AvgIpc) is 3.06. The van der Waals surface area contributed by atoms with Crippen molar-refractivity contribution in [2.45, 2.75) is 20.0 Å². The fraction of sp³-hybridized carbons (Fsp3) is 0.120. The molecule has 0 aliphatic carbocycles. The number of aromatic nitrogens is 3. The van der Waals surface area contributed by atoms with Crippen LogP contribution >= 0.6 is 11.6 Å². The Bertz CT molecular complexity index is 1490. The van der Waals surface area contributed by atoms with E-state index in [2.05, 4.69) is 4.98 Å². The van der Waals surface area contributed by atoms with Crippen molar-refractivity contribution in [1.29, 1.82) is 0 Å². The van der Waals surface area contributed by atoms with Gasteiger partial charge in [0.15, 0.2) is 0 Å². The molecule has 31 heavy (non-hydrogen) atoms. The summed E-state index contributed by atoms with van der Waals surface area (Å²) in [6.07, 6.45) is 1.51. The van der Waals surface area contributed by atoms with Gasteiger partial charge < -0.3 is 4.57 Å². The Labute approximate surface area is 183 Å². The fourth-order valence-electron chi connectivity index (χ4n) is 3.94. The van der Waals surface area contributed by atoms with Gasteiger partial charge in [0.25, 0.3) is 5.56 Å². The van der Waals surface area contributed by atoms with E-state index >= 15 is 0 Å². The van der Waals surface area contributed by atoms with E-state index in [1.807, 2.05) is 54.0 Å². The van der Waals surface area contributed by atoms with Crippen LogP contribution in [0.15, 0.2) is 77.9 Å². The number of fused-ring (bicyclic) bond motifs is 3. The average molecular weight is 432 g/mol. The lowest BCUT2D eigenvalue weighted by atomic mass is 10.1. The summed E-state index contributed by atoms with van der Waals surface area (Å²) < 4.78 is 17.5. The molecule has 0 amide bonds. The molecule has 0 bridgehead atoms. The van der Waals surface area contributed by atoms with Crippen LogP contribution in [0.2, 0.25) is 5.02 Å². The Kier molecular flexibility index (Phi) is 4.83. The van der Waals surface area contributed by atoms with Gasteiger partial charge in [0, 0.05) is 17.0 Å². The van der Waals surface area contributed by atoms with E-state index in [-0.39, 0.29) is 11.4 Å². The molecule has 0 N–H and O–H groups in total. The summed E-state index contributed by atoms with van der Waals surface area (Å²) in [6.45, 7) is 2.82. The molecule has 0 saturated carbocycles. The van der Waals surface area contributed by atoms with Gasteiger partial charge in [-0.2, -0.15) is 0 Å². The van der Waals surface area contributed by atoms with Crippen molar-refractivity contribution in [2.75, 3.05) is 0 Å². The molecule has 0 fully saturated rings. The Balaban J connectivity index is 1.73. The zero-order valence-corrected chi connectivity index (χ0v) is 17.6. The van der Waals surface area contributed by atoms with Gasteiger partial charge in [-0.3, -0.25) is 9.36 Å². The van der Waals surface area contributed by atoms with Gasteiger partial charge in [-0.15, -0.1) is 0 Å². The second kappa shape index (κ2) is 7.67. The van der Waals surface area contributed by atoms with E-state index in [9.17, 15) is 9.18 Å². The van der Waals surface area contributed by atoms with Crippen LogP contribution < -0.4 is 5.56 Å². The molecule has 5 aromatic rings. The first-order valence-electron chi connectivity index (χ1n) is 9.97. The Hall–Kier alpha value is -3.44. The minimum absolute atomic E-state index is 0.186. The van der Waals surface area contributed by atoms with Gasteiger partial charge in [-0.1, -0.05) is 59.6 Å². The summed E-state index contributed by atoms with van der Waals surface area (Å²) in [5.74, 6) is -0.357. The number of halogens is 2. The second-order valence-corrected chi connectivity index (χ2v) is 8.11. The molecule has 4 nitrogen and oxygen atoms in total. The minimum atomic E-state index is -0.357. The van der Waals surface area contributed by atoms with Crippen molar-refractivity contribution < 1.29 is 4.39 Å². The first-order chi connectivity index (χ1) is 15.0. The summed E-state index contributed by atoms with van der Waals surface area (Å²) in [4.78, 5) is 18.1. The largest absolute Gasteiger partial charge is 0.330 e. The van der Waals surface area contributed by atoms with E-state index in [1.54, 1.807) is 16.7 Å². The van der Waals surface area contributed by atoms with Crippen LogP contribution in [0.4, 0.5) is 4.39 Å². The topological polar surface area (TPSA) is 39.8 Å². The maximum atomic E-state index is 14.0. The molecular weight excluding hydrogens is 413 g/mol. The second-order valence-electron chi connectivity index (χ2n) is 7.70. The van der Waals surface area contributed by atoms with Crippen LogP contribution in [0.3, 0.4) is 0 Å². The van der Waals surface area contributed by atoms with Gasteiger partial charge in [-0.25, -0.2) is 9.37 Å². The molecule has 0 saturated heterocycles. The number of rotatable bonds is 4. The number of hydrogen-bond acceptors (Lipinski definition) is 2. The predicted molar refractivity (Wildman–Crippen MR) is 122 cm³/mol.